The Hall–Kier alpha value is -4.51. The molecule has 0 atom stereocenters. The first kappa shape index (κ1) is 29.0. The van der Waals surface area contributed by atoms with Crippen molar-refractivity contribution in [3.05, 3.63) is 60.8 Å². The number of halogens is 1. The van der Waals surface area contributed by atoms with Gasteiger partial charge in [-0.15, -0.1) is 0 Å². The van der Waals surface area contributed by atoms with Crippen molar-refractivity contribution in [1.82, 2.24) is 24.4 Å². The van der Waals surface area contributed by atoms with Crippen LogP contribution in [0.25, 0.3) is 22.3 Å². The highest BCUT2D eigenvalue weighted by molar-refractivity contribution is 6.02. The van der Waals surface area contributed by atoms with Crippen LogP contribution < -0.4 is 20.3 Å². The summed E-state index contributed by atoms with van der Waals surface area (Å²) < 4.78 is 23.1. The molecule has 1 aliphatic rings. The van der Waals surface area contributed by atoms with E-state index in [9.17, 15) is 4.79 Å². The summed E-state index contributed by atoms with van der Waals surface area (Å²) in [6.07, 6.45) is 4.62. The number of carbonyl (C=O) groups is 1. The number of benzene rings is 2. The van der Waals surface area contributed by atoms with E-state index >= 15 is 4.39 Å². The molecular formula is C31H37FN8O2. The van der Waals surface area contributed by atoms with Gasteiger partial charge < -0.3 is 29.7 Å². The Kier molecular flexibility index (Phi) is 7.87. The minimum absolute atomic E-state index is 0.143. The van der Waals surface area contributed by atoms with Gasteiger partial charge in [-0.2, -0.15) is 0 Å². The molecule has 1 amide bonds. The number of likely N-dealkylation sites (N-methyl/N-ethyl adjacent to an activating group) is 2. The second kappa shape index (κ2) is 11.4. The predicted molar refractivity (Wildman–Crippen MR) is 165 cm³/mol. The third-order valence-corrected chi connectivity index (χ3v) is 7.60. The summed E-state index contributed by atoms with van der Waals surface area (Å²) in [4.78, 5) is 30.1. The van der Waals surface area contributed by atoms with E-state index in [2.05, 4.69) is 50.5 Å². The van der Waals surface area contributed by atoms with Crippen LogP contribution in [-0.4, -0.2) is 71.7 Å². The summed E-state index contributed by atoms with van der Waals surface area (Å²) in [7, 11) is 7.54. The monoisotopic (exact) mass is 572 g/mol. The van der Waals surface area contributed by atoms with Crippen molar-refractivity contribution in [3.8, 4) is 17.0 Å². The molecular weight excluding hydrogens is 535 g/mol. The number of methoxy groups -OCH3 is 1. The Bertz CT molecular complexity index is 1660. The number of carbonyl (C=O) groups excluding carboxylic acids is 1. The van der Waals surface area contributed by atoms with Gasteiger partial charge in [0.2, 0.25) is 11.9 Å². The summed E-state index contributed by atoms with van der Waals surface area (Å²) >= 11 is 0. The van der Waals surface area contributed by atoms with E-state index in [1.165, 1.54) is 12.1 Å². The fourth-order valence-electron chi connectivity index (χ4n) is 5.31. The van der Waals surface area contributed by atoms with Crippen molar-refractivity contribution in [2.45, 2.75) is 32.2 Å². The van der Waals surface area contributed by atoms with Gasteiger partial charge in [-0.25, -0.2) is 19.3 Å². The summed E-state index contributed by atoms with van der Waals surface area (Å²) in [6.45, 7) is 9.41. The molecule has 0 aliphatic carbocycles. The number of hydrogen-bond acceptors (Lipinski definition) is 8. The van der Waals surface area contributed by atoms with E-state index in [1.807, 2.05) is 38.2 Å². The van der Waals surface area contributed by atoms with Gasteiger partial charge in [0, 0.05) is 49.9 Å². The topological polar surface area (TPSA) is 100 Å². The SMILES string of the molecule is C=CC(=O)Nc1cc(Nc2nccc(-c3cc(F)c4nc5n(c4c3)C(C)(C)CC5)n2)c(OC)cc1N(C)CCN(C)C. The van der Waals surface area contributed by atoms with Gasteiger partial charge in [-0.3, -0.25) is 4.79 Å². The lowest BCUT2D eigenvalue weighted by Gasteiger charge is -2.26. The molecule has 10 nitrogen and oxygen atoms in total. The van der Waals surface area contributed by atoms with Crippen molar-refractivity contribution < 1.29 is 13.9 Å². The molecule has 3 heterocycles. The molecule has 0 saturated carbocycles. The molecule has 5 rings (SSSR count). The van der Waals surface area contributed by atoms with Gasteiger partial charge in [0.25, 0.3) is 0 Å². The van der Waals surface area contributed by atoms with Crippen LogP contribution >= 0.6 is 0 Å². The number of aryl methyl sites for hydroxylation is 1. The van der Waals surface area contributed by atoms with Gasteiger partial charge in [0.15, 0.2) is 5.82 Å². The van der Waals surface area contributed by atoms with Crippen LogP contribution in [0.3, 0.4) is 0 Å². The van der Waals surface area contributed by atoms with Gasteiger partial charge in [0.05, 0.1) is 35.4 Å². The van der Waals surface area contributed by atoms with Crippen molar-refractivity contribution >= 4 is 40.0 Å². The number of nitrogens with one attached hydrogen (secondary N) is 2. The van der Waals surface area contributed by atoms with Crippen LogP contribution in [0.1, 0.15) is 26.1 Å². The molecule has 0 fully saturated rings. The summed E-state index contributed by atoms with van der Waals surface area (Å²) in [5.74, 6) is 1.01. The third kappa shape index (κ3) is 5.64. The van der Waals surface area contributed by atoms with Crippen molar-refractivity contribution in [2.75, 3.05) is 56.9 Å². The lowest BCUT2D eigenvalue weighted by atomic mass is 10.0. The number of rotatable bonds is 10. The zero-order valence-corrected chi connectivity index (χ0v) is 25.0. The van der Waals surface area contributed by atoms with Crippen LogP contribution in [-0.2, 0) is 16.8 Å². The molecule has 2 aromatic heterocycles. The molecule has 4 aromatic rings. The van der Waals surface area contributed by atoms with E-state index in [4.69, 9.17) is 9.72 Å². The van der Waals surface area contributed by atoms with Crippen LogP contribution in [0.2, 0.25) is 0 Å². The Morgan fingerprint density at radius 2 is 1.95 bits per heavy atom. The largest absolute Gasteiger partial charge is 0.494 e. The molecule has 0 unspecified atom stereocenters. The molecule has 1 aliphatic heterocycles. The van der Waals surface area contributed by atoms with E-state index in [0.29, 0.717) is 39.8 Å². The minimum atomic E-state index is -0.383. The standard InChI is InChI=1S/C31H37FN8O2/c1-8-28(41)34-22-17-23(26(42-7)18-24(22)39(6)14-13-38(4)5)36-30-33-12-10-21(35-30)19-15-20(32)29-25(16-19)40-27(37-29)9-11-31(40,2)3/h8,10,12,15-18H,1,9,11,13-14H2,2-7H3,(H,34,41)(H,33,35,36). The fourth-order valence-corrected chi connectivity index (χ4v) is 5.31. The highest BCUT2D eigenvalue weighted by Gasteiger charge is 2.33. The number of anilines is 4. The number of ether oxygens (including phenoxy) is 1. The smallest absolute Gasteiger partial charge is 0.247 e. The first-order chi connectivity index (χ1) is 20.0. The zero-order valence-electron chi connectivity index (χ0n) is 25.0. The van der Waals surface area contributed by atoms with Gasteiger partial charge in [-0.05, 0) is 64.7 Å². The summed E-state index contributed by atoms with van der Waals surface area (Å²) in [6, 6.07) is 8.78. The Balaban J connectivity index is 1.51. The van der Waals surface area contributed by atoms with Crippen LogP contribution in [0, 0.1) is 5.82 Å². The van der Waals surface area contributed by atoms with E-state index in [-0.39, 0.29) is 17.3 Å². The first-order valence-electron chi connectivity index (χ1n) is 13.8. The quantitative estimate of drug-likeness (QED) is 0.251. The maximum Gasteiger partial charge on any atom is 0.247 e. The molecule has 220 valence electrons. The first-order valence-corrected chi connectivity index (χ1v) is 13.8. The lowest BCUT2D eigenvalue weighted by molar-refractivity contribution is -0.111. The predicted octanol–water partition coefficient (Wildman–Crippen LogP) is 5.19. The number of imidazole rings is 1. The highest BCUT2D eigenvalue weighted by atomic mass is 19.1. The Morgan fingerprint density at radius 1 is 1.17 bits per heavy atom. The zero-order chi connectivity index (χ0) is 30.2. The summed E-state index contributed by atoms with van der Waals surface area (Å²) in [5, 5.41) is 6.11. The maximum atomic E-state index is 15.3. The lowest BCUT2D eigenvalue weighted by Crippen LogP contribution is -2.29. The molecule has 11 heteroatoms. The molecule has 2 aromatic carbocycles. The fraction of sp³-hybridized carbons (Fsp3) is 0.355. The number of hydrogen-bond donors (Lipinski definition) is 2. The number of nitrogens with zero attached hydrogens (tertiary/aromatic N) is 6. The van der Waals surface area contributed by atoms with Crippen molar-refractivity contribution in [1.29, 1.82) is 0 Å². The molecule has 42 heavy (non-hydrogen) atoms. The third-order valence-electron chi connectivity index (χ3n) is 7.60. The number of amides is 1. The molecule has 0 radical (unpaired) electrons. The van der Waals surface area contributed by atoms with Gasteiger partial charge >= 0.3 is 0 Å². The van der Waals surface area contributed by atoms with Crippen LogP contribution in [0.5, 0.6) is 5.75 Å². The molecule has 2 N–H and O–H groups in total. The highest BCUT2D eigenvalue weighted by Crippen LogP contribution is 2.39. The second-order valence-corrected chi connectivity index (χ2v) is 11.4. The van der Waals surface area contributed by atoms with Crippen molar-refractivity contribution in [3.63, 3.8) is 0 Å². The number of fused-ring (bicyclic) bond motifs is 3. The normalized spacial score (nSPS) is 13.7. The van der Waals surface area contributed by atoms with Crippen LogP contribution in [0.4, 0.5) is 27.4 Å². The average molecular weight is 573 g/mol. The van der Waals surface area contributed by atoms with Crippen molar-refractivity contribution in [2.24, 2.45) is 0 Å². The van der Waals surface area contributed by atoms with E-state index in [1.54, 1.807) is 25.4 Å². The minimum Gasteiger partial charge on any atom is -0.494 e. The second-order valence-electron chi connectivity index (χ2n) is 11.4. The Labute approximate surface area is 245 Å². The van der Waals surface area contributed by atoms with E-state index in [0.717, 1.165) is 43.0 Å². The van der Waals surface area contributed by atoms with Gasteiger partial charge in [-0.1, -0.05) is 6.58 Å². The number of aromatic nitrogens is 4. The molecule has 0 spiro atoms. The molecule has 0 bridgehead atoms. The van der Waals surface area contributed by atoms with E-state index < -0.39 is 0 Å². The Morgan fingerprint density at radius 3 is 2.67 bits per heavy atom. The van der Waals surface area contributed by atoms with Crippen LogP contribution in [0.15, 0.2) is 49.2 Å². The maximum absolute atomic E-state index is 15.3. The average Bonchev–Trinajstić information content (AvgIpc) is 3.49. The molecule has 0 saturated heterocycles. The van der Waals surface area contributed by atoms with Gasteiger partial charge in [0.1, 0.15) is 17.1 Å². The summed E-state index contributed by atoms with van der Waals surface area (Å²) in [5.41, 5.74) is 4.08.